The van der Waals surface area contributed by atoms with Crippen LogP contribution in [0.15, 0.2) is 71.8 Å². The van der Waals surface area contributed by atoms with E-state index in [0.717, 1.165) is 22.3 Å². The Hall–Kier alpha value is -2.74. The van der Waals surface area contributed by atoms with Crippen molar-refractivity contribution in [3.05, 3.63) is 88.5 Å². The summed E-state index contributed by atoms with van der Waals surface area (Å²) in [5.74, 6) is -0.00920. The van der Waals surface area contributed by atoms with E-state index in [4.69, 9.17) is 0 Å². The zero-order chi connectivity index (χ0) is 18.7. The van der Waals surface area contributed by atoms with Crippen LogP contribution in [-0.2, 0) is 15.0 Å². The van der Waals surface area contributed by atoms with E-state index in [1.807, 2.05) is 82.3 Å². The highest BCUT2D eigenvalue weighted by atomic mass is 16.1. The van der Waals surface area contributed by atoms with Crippen LogP contribution in [0.1, 0.15) is 44.4 Å². The van der Waals surface area contributed by atoms with Gasteiger partial charge in [0.05, 0.1) is 5.41 Å². The van der Waals surface area contributed by atoms with Gasteiger partial charge in [0.2, 0.25) is 0 Å². The van der Waals surface area contributed by atoms with Gasteiger partial charge in [0, 0.05) is 11.1 Å². The fourth-order valence-corrected chi connectivity index (χ4v) is 4.19. The van der Waals surface area contributed by atoms with Crippen molar-refractivity contribution in [2.75, 3.05) is 0 Å². The predicted octanol–water partition coefficient (Wildman–Crippen LogP) is 4.88. The van der Waals surface area contributed by atoms with Crippen molar-refractivity contribution in [2.24, 2.45) is 5.41 Å². The molecule has 2 heteroatoms. The molecule has 0 amide bonds. The van der Waals surface area contributed by atoms with E-state index in [9.17, 15) is 9.59 Å². The summed E-state index contributed by atoms with van der Waals surface area (Å²) in [6.45, 7) is 7.85. The normalized spacial score (nSPS) is 22.2. The number of Topliss-reactive ketones (excluding diaryl/α,β-unsaturated/α-hetero) is 1. The summed E-state index contributed by atoms with van der Waals surface area (Å²) in [5.41, 5.74) is 3.73. The number of hydrogen-bond donors (Lipinski definition) is 0. The highest BCUT2D eigenvalue weighted by Crippen LogP contribution is 2.53. The molecule has 2 nitrogen and oxygen atoms in total. The minimum Gasteiger partial charge on any atom is -0.293 e. The number of rotatable bonds is 1. The number of fused-ring (bicyclic) bond motifs is 3. The van der Waals surface area contributed by atoms with Crippen molar-refractivity contribution in [3.8, 4) is 0 Å². The molecular weight excluding hydrogens is 320 g/mol. The second kappa shape index (κ2) is 5.38. The number of hydrogen-bond acceptors (Lipinski definition) is 2. The smallest absolute Gasteiger partial charge is 0.187 e. The first-order chi connectivity index (χ1) is 12.3. The van der Waals surface area contributed by atoms with E-state index in [1.165, 1.54) is 0 Å². The van der Waals surface area contributed by atoms with Crippen LogP contribution < -0.4 is 0 Å². The summed E-state index contributed by atoms with van der Waals surface area (Å²) in [7, 11) is 0. The molecule has 0 unspecified atom stereocenters. The molecule has 130 valence electrons. The van der Waals surface area contributed by atoms with Crippen molar-refractivity contribution >= 4 is 17.1 Å². The van der Waals surface area contributed by atoms with Gasteiger partial charge in [0.15, 0.2) is 11.6 Å². The molecule has 0 heterocycles. The van der Waals surface area contributed by atoms with Gasteiger partial charge >= 0.3 is 0 Å². The second-order valence-corrected chi connectivity index (χ2v) is 8.29. The Bertz CT molecular complexity index is 1000. The summed E-state index contributed by atoms with van der Waals surface area (Å²) in [5, 5.41) is 0. The maximum atomic E-state index is 13.6. The van der Waals surface area contributed by atoms with Gasteiger partial charge in [-0.05, 0) is 40.7 Å². The van der Waals surface area contributed by atoms with Gasteiger partial charge in [-0.15, -0.1) is 0 Å². The fraction of sp³-hybridized carbons (Fsp3) is 0.250. The third-order valence-electron chi connectivity index (χ3n) is 5.60. The number of allylic oxidation sites excluding steroid dienone is 3. The van der Waals surface area contributed by atoms with Crippen LogP contribution >= 0.6 is 0 Å². The van der Waals surface area contributed by atoms with Crippen molar-refractivity contribution in [2.45, 2.75) is 33.1 Å². The van der Waals surface area contributed by atoms with E-state index in [0.29, 0.717) is 11.1 Å². The Kier molecular flexibility index (Phi) is 3.46. The van der Waals surface area contributed by atoms with Crippen LogP contribution in [0.2, 0.25) is 0 Å². The molecule has 2 aromatic carbocycles. The third-order valence-corrected chi connectivity index (χ3v) is 5.60. The summed E-state index contributed by atoms with van der Waals surface area (Å²) < 4.78 is 0. The molecule has 0 saturated carbocycles. The van der Waals surface area contributed by atoms with Gasteiger partial charge in [0.25, 0.3) is 0 Å². The molecule has 0 bridgehead atoms. The predicted molar refractivity (Wildman–Crippen MR) is 104 cm³/mol. The van der Waals surface area contributed by atoms with E-state index < -0.39 is 5.41 Å². The van der Waals surface area contributed by atoms with Gasteiger partial charge in [0.1, 0.15) is 0 Å². The SMILES string of the molecule is CC(C)(C)C1=CC(=O)[C@@]2(C)C(=C(c3ccccc3)c3ccccc32)C1=O. The number of carbonyl (C=O) groups excluding carboxylic acids is 2. The summed E-state index contributed by atoms with van der Waals surface area (Å²) in [6, 6.07) is 17.8. The van der Waals surface area contributed by atoms with E-state index in [1.54, 1.807) is 6.08 Å². The molecule has 0 N–H and O–H groups in total. The molecule has 26 heavy (non-hydrogen) atoms. The lowest BCUT2D eigenvalue weighted by atomic mass is 9.65. The summed E-state index contributed by atoms with van der Waals surface area (Å²) >= 11 is 0. The van der Waals surface area contributed by atoms with E-state index >= 15 is 0 Å². The molecule has 2 aromatic rings. The largest absolute Gasteiger partial charge is 0.293 e. The molecule has 0 radical (unpaired) electrons. The van der Waals surface area contributed by atoms with E-state index in [2.05, 4.69) is 0 Å². The average Bonchev–Trinajstić information content (AvgIpc) is 2.89. The highest BCUT2D eigenvalue weighted by molar-refractivity contribution is 6.29. The molecule has 2 aliphatic rings. The second-order valence-electron chi connectivity index (χ2n) is 8.29. The van der Waals surface area contributed by atoms with Gasteiger partial charge in [-0.1, -0.05) is 75.4 Å². The van der Waals surface area contributed by atoms with Crippen molar-refractivity contribution < 1.29 is 9.59 Å². The zero-order valence-corrected chi connectivity index (χ0v) is 15.6. The van der Waals surface area contributed by atoms with Crippen molar-refractivity contribution in [3.63, 3.8) is 0 Å². The number of benzene rings is 2. The minimum atomic E-state index is -0.909. The standard InChI is InChI=1S/C24H22O2/c1-23(2,3)18-14-19(25)24(4)17-13-9-8-12-16(17)20(21(24)22(18)26)15-10-6-5-7-11-15/h5-14H,1-4H3/t24-/m0/s1. The van der Waals surface area contributed by atoms with Gasteiger partial charge in [-0.3, -0.25) is 9.59 Å². The molecule has 0 fully saturated rings. The maximum Gasteiger partial charge on any atom is 0.187 e. The van der Waals surface area contributed by atoms with Crippen LogP contribution in [0, 0.1) is 5.41 Å². The molecule has 0 saturated heterocycles. The first-order valence-corrected chi connectivity index (χ1v) is 8.97. The third kappa shape index (κ3) is 2.11. The summed E-state index contributed by atoms with van der Waals surface area (Å²) in [4.78, 5) is 26.9. The molecule has 1 atom stereocenters. The van der Waals surface area contributed by atoms with Crippen LogP contribution in [0.4, 0.5) is 0 Å². The quantitative estimate of drug-likeness (QED) is 0.740. The lowest BCUT2D eigenvalue weighted by molar-refractivity contribution is -0.122. The van der Waals surface area contributed by atoms with Crippen LogP contribution in [0.5, 0.6) is 0 Å². The lowest BCUT2D eigenvalue weighted by Crippen LogP contribution is -2.41. The average molecular weight is 342 g/mol. The number of ketones is 2. The molecule has 0 aromatic heterocycles. The Morgan fingerprint density at radius 3 is 2.12 bits per heavy atom. The Morgan fingerprint density at radius 1 is 0.846 bits per heavy atom. The van der Waals surface area contributed by atoms with Crippen LogP contribution in [0.3, 0.4) is 0 Å². The Balaban J connectivity index is 2.11. The number of carbonyl (C=O) groups is 2. The van der Waals surface area contributed by atoms with E-state index in [-0.39, 0.29) is 17.0 Å². The Labute approximate surface area is 154 Å². The molecule has 0 aliphatic heterocycles. The van der Waals surface area contributed by atoms with Gasteiger partial charge in [-0.2, -0.15) is 0 Å². The topological polar surface area (TPSA) is 34.1 Å². The van der Waals surface area contributed by atoms with Crippen LogP contribution in [0.25, 0.3) is 5.57 Å². The summed E-state index contributed by atoms with van der Waals surface area (Å²) in [6.07, 6.45) is 1.58. The first-order valence-electron chi connectivity index (χ1n) is 8.97. The fourth-order valence-electron chi connectivity index (χ4n) is 4.19. The maximum absolute atomic E-state index is 13.6. The first kappa shape index (κ1) is 16.7. The van der Waals surface area contributed by atoms with Crippen molar-refractivity contribution in [1.82, 2.24) is 0 Å². The van der Waals surface area contributed by atoms with Crippen LogP contribution in [-0.4, -0.2) is 11.6 Å². The van der Waals surface area contributed by atoms with Crippen molar-refractivity contribution in [1.29, 1.82) is 0 Å². The Morgan fingerprint density at radius 2 is 1.46 bits per heavy atom. The molecular formula is C24H22O2. The molecule has 4 rings (SSSR count). The minimum absolute atomic E-state index is 0.00425. The highest BCUT2D eigenvalue weighted by Gasteiger charge is 2.53. The van der Waals surface area contributed by atoms with Gasteiger partial charge in [-0.25, -0.2) is 0 Å². The van der Waals surface area contributed by atoms with Gasteiger partial charge < -0.3 is 0 Å². The molecule has 2 aliphatic carbocycles. The zero-order valence-electron chi connectivity index (χ0n) is 15.6. The lowest BCUT2D eigenvalue weighted by Gasteiger charge is -2.34. The molecule has 0 spiro atoms. The monoisotopic (exact) mass is 342 g/mol.